The molecule has 0 bridgehead atoms. The average molecular weight is 614 g/mol. The maximum absolute atomic E-state index is 12.9. The molecule has 162 valence electrons. The van der Waals surface area contributed by atoms with E-state index in [1.807, 2.05) is 36.4 Å². The van der Waals surface area contributed by atoms with E-state index in [4.69, 9.17) is 27.9 Å². The molecule has 1 fully saturated rings. The molecule has 4 rings (SSSR count). The van der Waals surface area contributed by atoms with Crippen molar-refractivity contribution < 1.29 is 14.3 Å². The Labute approximate surface area is 215 Å². The molecule has 32 heavy (non-hydrogen) atoms. The summed E-state index contributed by atoms with van der Waals surface area (Å²) < 4.78 is 7.33. The largest absolute Gasteiger partial charge is 0.486 e. The highest BCUT2D eigenvalue weighted by molar-refractivity contribution is 9.11. The number of hydrogen-bond donors (Lipinski definition) is 0. The van der Waals surface area contributed by atoms with Gasteiger partial charge in [-0.05, 0) is 91.7 Å². The van der Waals surface area contributed by atoms with E-state index < -0.39 is 5.91 Å². The number of benzene rings is 3. The first-order valence-corrected chi connectivity index (χ1v) is 12.4. The molecule has 0 saturated carbocycles. The first-order valence-electron chi connectivity index (χ1n) is 9.22. The van der Waals surface area contributed by atoms with E-state index in [9.17, 15) is 9.59 Å². The molecule has 0 aromatic heterocycles. The van der Waals surface area contributed by atoms with Crippen LogP contribution in [-0.2, 0) is 11.4 Å². The maximum atomic E-state index is 12.9. The molecule has 1 heterocycles. The predicted octanol–water partition coefficient (Wildman–Crippen LogP) is 8.34. The van der Waals surface area contributed by atoms with E-state index in [1.54, 1.807) is 30.3 Å². The quantitative estimate of drug-likeness (QED) is 0.271. The number of halogens is 4. The van der Waals surface area contributed by atoms with E-state index in [0.29, 0.717) is 41.9 Å². The normalized spacial score (nSPS) is 15.0. The Balaban J connectivity index is 1.56. The summed E-state index contributed by atoms with van der Waals surface area (Å²) in [5.74, 6) is 0.211. The van der Waals surface area contributed by atoms with Crippen LogP contribution >= 0.6 is 66.8 Å². The summed E-state index contributed by atoms with van der Waals surface area (Å²) in [5, 5.41) is 0.707. The molecule has 9 heteroatoms. The monoisotopic (exact) mass is 611 g/mol. The Morgan fingerprint density at radius 1 is 0.969 bits per heavy atom. The molecule has 0 unspecified atom stereocenters. The van der Waals surface area contributed by atoms with Gasteiger partial charge in [0.15, 0.2) is 0 Å². The van der Waals surface area contributed by atoms with Crippen molar-refractivity contribution in [1.82, 2.24) is 0 Å². The third-order valence-electron chi connectivity index (χ3n) is 4.51. The highest BCUT2D eigenvalue weighted by atomic mass is 79.9. The van der Waals surface area contributed by atoms with E-state index in [2.05, 4.69) is 31.9 Å². The average Bonchev–Trinajstić information content (AvgIpc) is 3.01. The second kappa shape index (κ2) is 10.0. The van der Waals surface area contributed by atoms with Gasteiger partial charge in [0.2, 0.25) is 0 Å². The molecule has 1 aliphatic rings. The molecular weight excluding hydrogens is 601 g/mol. The van der Waals surface area contributed by atoms with Gasteiger partial charge in [-0.3, -0.25) is 9.59 Å². The van der Waals surface area contributed by atoms with Crippen LogP contribution in [0.1, 0.15) is 11.1 Å². The molecule has 0 aliphatic carbocycles. The number of carbonyl (C=O) groups excluding carboxylic acids is 2. The summed E-state index contributed by atoms with van der Waals surface area (Å²) in [7, 11) is 0. The van der Waals surface area contributed by atoms with Crippen LogP contribution in [0.15, 0.2) is 74.5 Å². The summed E-state index contributed by atoms with van der Waals surface area (Å²) in [6.45, 7) is 0.300. The summed E-state index contributed by atoms with van der Waals surface area (Å²) >= 11 is 20.1. The number of rotatable bonds is 5. The van der Waals surface area contributed by atoms with Crippen molar-refractivity contribution >= 4 is 89.7 Å². The zero-order valence-corrected chi connectivity index (χ0v) is 21.7. The highest BCUT2D eigenvalue weighted by Crippen LogP contribution is 2.39. The van der Waals surface area contributed by atoms with Gasteiger partial charge in [0.25, 0.3) is 11.1 Å². The lowest BCUT2D eigenvalue weighted by Gasteiger charge is -2.13. The number of amides is 2. The third kappa shape index (κ3) is 5.07. The molecule has 0 spiro atoms. The first-order chi connectivity index (χ1) is 15.3. The summed E-state index contributed by atoms with van der Waals surface area (Å²) in [6, 6.07) is 17.7. The smallest absolute Gasteiger partial charge is 0.298 e. The van der Waals surface area contributed by atoms with Gasteiger partial charge < -0.3 is 4.74 Å². The molecule has 4 nitrogen and oxygen atoms in total. The molecule has 0 atom stereocenters. The van der Waals surface area contributed by atoms with Crippen molar-refractivity contribution in [1.29, 1.82) is 0 Å². The minimum Gasteiger partial charge on any atom is -0.486 e. The SMILES string of the molecule is O=C1S/C(=C\c2cc(Br)c(OCc3ccccc3Cl)c(Br)c2)C(=O)N1c1cccc(Cl)c1. The number of anilines is 1. The first kappa shape index (κ1) is 23.4. The number of thioether (sulfide) groups is 1. The standard InChI is InChI=1S/C23H13Br2Cl2NO3S/c24-17-8-13(9-18(25)21(17)31-12-14-4-1-2-7-19(14)27)10-20-22(29)28(23(30)32-20)16-6-3-5-15(26)11-16/h1-11H,12H2/b20-10-. The Hall–Kier alpha value is -1.77. The number of hydrogen-bond acceptors (Lipinski definition) is 4. The number of ether oxygens (including phenoxy) is 1. The fourth-order valence-corrected chi connectivity index (χ4v) is 5.69. The number of carbonyl (C=O) groups is 2. The van der Waals surface area contributed by atoms with E-state index >= 15 is 0 Å². The Morgan fingerprint density at radius 2 is 1.69 bits per heavy atom. The molecule has 1 saturated heterocycles. The number of imide groups is 1. The molecule has 3 aromatic rings. The van der Waals surface area contributed by atoms with Crippen LogP contribution in [0.2, 0.25) is 10.0 Å². The van der Waals surface area contributed by atoms with Gasteiger partial charge in [-0.2, -0.15) is 0 Å². The van der Waals surface area contributed by atoms with Gasteiger partial charge >= 0.3 is 0 Å². The van der Waals surface area contributed by atoms with Crippen LogP contribution in [0.5, 0.6) is 5.75 Å². The Bertz CT molecular complexity index is 1240. The van der Waals surface area contributed by atoms with Crippen LogP contribution in [0, 0.1) is 0 Å². The fourth-order valence-electron chi connectivity index (χ4n) is 3.02. The van der Waals surface area contributed by atoms with Crippen LogP contribution in [0.4, 0.5) is 10.5 Å². The highest BCUT2D eigenvalue weighted by Gasteiger charge is 2.36. The van der Waals surface area contributed by atoms with Gasteiger partial charge in [-0.1, -0.05) is 47.5 Å². The maximum Gasteiger partial charge on any atom is 0.298 e. The van der Waals surface area contributed by atoms with Crippen LogP contribution in [0.25, 0.3) is 6.08 Å². The van der Waals surface area contributed by atoms with E-state index in [-0.39, 0.29) is 5.24 Å². The molecule has 0 N–H and O–H groups in total. The Morgan fingerprint density at radius 3 is 2.38 bits per heavy atom. The summed E-state index contributed by atoms with van der Waals surface area (Å²) in [6.07, 6.45) is 1.67. The lowest BCUT2D eigenvalue weighted by molar-refractivity contribution is -0.113. The second-order valence-electron chi connectivity index (χ2n) is 6.69. The molecule has 1 aliphatic heterocycles. The fraction of sp³-hybridized carbons (Fsp3) is 0.0435. The summed E-state index contributed by atoms with van der Waals surface area (Å²) in [5.41, 5.74) is 2.03. The van der Waals surface area contributed by atoms with Crippen LogP contribution in [0.3, 0.4) is 0 Å². The molecule has 2 amide bonds. The minimum absolute atomic E-state index is 0.300. The van der Waals surface area contributed by atoms with E-state index in [0.717, 1.165) is 27.8 Å². The Kier molecular flexibility index (Phi) is 7.32. The predicted molar refractivity (Wildman–Crippen MR) is 138 cm³/mol. The topological polar surface area (TPSA) is 46.6 Å². The zero-order valence-electron chi connectivity index (χ0n) is 16.2. The lowest BCUT2D eigenvalue weighted by Crippen LogP contribution is -2.27. The lowest BCUT2D eigenvalue weighted by atomic mass is 10.2. The van der Waals surface area contributed by atoms with Crippen molar-refractivity contribution in [2.45, 2.75) is 6.61 Å². The van der Waals surface area contributed by atoms with Gasteiger partial charge in [0.1, 0.15) is 12.4 Å². The van der Waals surface area contributed by atoms with Gasteiger partial charge in [0, 0.05) is 15.6 Å². The number of nitrogens with zero attached hydrogens (tertiary/aromatic N) is 1. The molecule has 3 aromatic carbocycles. The van der Waals surface area contributed by atoms with Crippen molar-refractivity contribution in [2.75, 3.05) is 4.90 Å². The van der Waals surface area contributed by atoms with Crippen molar-refractivity contribution in [2.24, 2.45) is 0 Å². The van der Waals surface area contributed by atoms with Crippen LogP contribution < -0.4 is 9.64 Å². The minimum atomic E-state index is -0.395. The second-order valence-corrected chi connectivity index (χ2v) is 10.2. The van der Waals surface area contributed by atoms with Gasteiger partial charge in [-0.25, -0.2) is 4.90 Å². The summed E-state index contributed by atoms with van der Waals surface area (Å²) in [4.78, 5) is 26.8. The van der Waals surface area contributed by atoms with Crippen molar-refractivity contribution in [3.05, 3.63) is 95.7 Å². The molecular formula is C23H13Br2Cl2NO3S. The molecule has 0 radical (unpaired) electrons. The van der Waals surface area contributed by atoms with Crippen molar-refractivity contribution in [3.8, 4) is 5.75 Å². The zero-order chi connectivity index (χ0) is 22.8. The van der Waals surface area contributed by atoms with Crippen molar-refractivity contribution in [3.63, 3.8) is 0 Å². The van der Waals surface area contributed by atoms with Crippen LogP contribution in [-0.4, -0.2) is 11.1 Å². The van der Waals surface area contributed by atoms with Gasteiger partial charge in [0.05, 0.1) is 19.5 Å². The van der Waals surface area contributed by atoms with E-state index in [1.165, 1.54) is 0 Å². The third-order valence-corrected chi connectivity index (χ3v) is 7.16. The van der Waals surface area contributed by atoms with Gasteiger partial charge in [-0.15, -0.1) is 0 Å².